The number of rotatable bonds is 4. The summed E-state index contributed by atoms with van der Waals surface area (Å²) in [5, 5.41) is 2.72. The van der Waals surface area contributed by atoms with Crippen LogP contribution in [0.15, 0.2) is 24.3 Å². The Bertz CT molecular complexity index is 495. The van der Waals surface area contributed by atoms with E-state index in [1.807, 2.05) is 0 Å². The summed E-state index contributed by atoms with van der Waals surface area (Å²) in [4.78, 5) is 13.3. The molecule has 7 heteroatoms. The summed E-state index contributed by atoms with van der Waals surface area (Å²) >= 11 is 0. The molecule has 1 amide bonds. The van der Waals surface area contributed by atoms with Gasteiger partial charge in [-0.05, 0) is 49.9 Å². The minimum Gasteiger partial charge on any atom is -0.406 e. The highest BCUT2D eigenvalue weighted by Crippen LogP contribution is 2.23. The van der Waals surface area contributed by atoms with E-state index in [4.69, 9.17) is 0 Å². The van der Waals surface area contributed by atoms with E-state index in [0.29, 0.717) is 12.2 Å². The molecule has 1 aromatic rings. The summed E-state index contributed by atoms with van der Waals surface area (Å²) in [5.74, 6) is -0.421. The second kappa shape index (κ2) is 8.19. The van der Waals surface area contributed by atoms with Crippen LogP contribution in [0, 0.1) is 0 Å². The molecule has 4 nitrogen and oxygen atoms in total. The summed E-state index contributed by atoms with van der Waals surface area (Å²) in [6, 6.07) is 5.18. The van der Waals surface area contributed by atoms with Crippen molar-refractivity contribution in [2.75, 3.05) is 25.0 Å². The topological polar surface area (TPSA) is 42.8 Å². The lowest BCUT2D eigenvalue weighted by Crippen LogP contribution is -3.13. The highest BCUT2D eigenvalue weighted by atomic mass is 19.4. The van der Waals surface area contributed by atoms with Crippen molar-refractivity contribution in [3.05, 3.63) is 24.3 Å². The summed E-state index contributed by atoms with van der Waals surface area (Å²) in [5.41, 5.74) is 0.468. The van der Waals surface area contributed by atoms with Gasteiger partial charge in [-0.15, -0.1) is 13.2 Å². The van der Waals surface area contributed by atoms with Crippen LogP contribution < -0.4 is 15.0 Å². The Balaban J connectivity index is 1.82. The van der Waals surface area contributed by atoms with E-state index in [2.05, 4.69) is 10.1 Å². The number of hydrogen-bond donors (Lipinski definition) is 2. The van der Waals surface area contributed by atoms with Crippen LogP contribution in [0.25, 0.3) is 0 Å². The van der Waals surface area contributed by atoms with Crippen molar-refractivity contribution in [1.29, 1.82) is 0 Å². The van der Waals surface area contributed by atoms with Gasteiger partial charge >= 0.3 is 6.36 Å². The predicted octanol–water partition coefficient (Wildman–Crippen LogP) is 2.37. The Morgan fingerprint density at radius 1 is 1.04 bits per heavy atom. The number of nitrogens with one attached hydrogen (secondary N) is 2. The molecule has 1 aliphatic heterocycles. The maximum absolute atomic E-state index is 12.1. The van der Waals surface area contributed by atoms with Crippen LogP contribution >= 0.6 is 0 Å². The van der Waals surface area contributed by atoms with Crippen LogP contribution in [0.4, 0.5) is 18.9 Å². The van der Waals surface area contributed by atoms with Gasteiger partial charge in [0.05, 0.1) is 13.1 Å². The molecule has 0 aromatic heterocycles. The lowest BCUT2D eigenvalue weighted by atomic mass is 10.1. The zero-order chi connectivity index (χ0) is 16.7. The summed E-state index contributed by atoms with van der Waals surface area (Å²) in [6.07, 6.45) is 1.25. The van der Waals surface area contributed by atoms with E-state index in [9.17, 15) is 18.0 Å². The number of carbonyl (C=O) groups is 1. The maximum atomic E-state index is 12.1. The first kappa shape index (κ1) is 17.6. The zero-order valence-electron chi connectivity index (χ0n) is 12.9. The number of carbonyl (C=O) groups excluding carboxylic acids is 1. The highest BCUT2D eigenvalue weighted by molar-refractivity contribution is 5.91. The van der Waals surface area contributed by atoms with Crippen molar-refractivity contribution >= 4 is 11.6 Å². The van der Waals surface area contributed by atoms with Crippen LogP contribution in [-0.2, 0) is 4.79 Å². The number of amides is 1. The van der Waals surface area contributed by atoms with Crippen LogP contribution in [0.2, 0.25) is 0 Å². The molecule has 0 spiro atoms. The number of quaternary nitrogens is 1. The third-order valence-electron chi connectivity index (χ3n) is 3.84. The van der Waals surface area contributed by atoms with E-state index in [1.165, 1.54) is 48.4 Å². The SMILES string of the molecule is O=C(C[NH+]1CCCCCCC1)Nc1ccc(OC(F)(F)F)cc1. The molecule has 1 fully saturated rings. The Morgan fingerprint density at radius 3 is 2.17 bits per heavy atom. The molecule has 0 saturated carbocycles. The molecule has 0 atom stereocenters. The molecule has 0 aliphatic carbocycles. The lowest BCUT2D eigenvalue weighted by molar-refractivity contribution is -0.892. The molecule has 1 aliphatic rings. The number of anilines is 1. The Kier molecular flexibility index (Phi) is 6.27. The minimum absolute atomic E-state index is 0.120. The number of halogens is 3. The number of ether oxygens (including phenoxy) is 1. The van der Waals surface area contributed by atoms with Crippen LogP contribution in [0.1, 0.15) is 32.1 Å². The summed E-state index contributed by atoms with van der Waals surface area (Å²) in [7, 11) is 0. The zero-order valence-corrected chi connectivity index (χ0v) is 12.9. The second-order valence-corrected chi connectivity index (χ2v) is 5.81. The van der Waals surface area contributed by atoms with Gasteiger partial charge in [0.15, 0.2) is 6.54 Å². The number of hydrogen-bond acceptors (Lipinski definition) is 2. The van der Waals surface area contributed by atoms with E-state index >= 15 is 0 Å². The summed E-state index contributed by atoms with van der Waals surface area (Å²) in [6.45, 7) is 2.37. The van der Waals surface area contributed by atoms with Crippen molar-refractivity contribution in [1.82, 2.24) is 0 Å². The monoisotopic (exact) mass is 331 g/mol. The van der Waals surface area contributed by atoms with Gasteiger partial charge in [0.2, 0.25) is 0 Å². The molecule has 2 N–H and O–H groups in total. The molecule has 128 valence electrons. The van der Waals surface area contributed by atoms with Crippen LogP contribution in [0.3, 0.4) is 0 Å². The van der Waals surface area contributed by atoms with E-state index in [0.717, 1.165) is 25.9 Å². The van der Waals surface area contributed by atoms with Gasteiger partial charge < -0.3 is 15.0 Å². The van der Waals surface area contributed by atoms with E-state index in [-0.39, 0.29) is 11.7 Å². The fourth-order valence-corrected chi connectivity index (χ4v) is 2.75. The number of likely N-dealkylation sites (tertiary alicyclic amines) is 1. The molecule has 1 heterocycles. The van der Waals surface area contributed by atoms with E-state index in [1.54, 1.807) is 0 Å². The lowest BCUT2D eigenvalue weighted by Gasteiger charge is -2.21. The van der Waals surface area contributed by atoms with Gasteiger partial charge in [0, 0.05) is 5.69 Å². The van der Waals surface area contributed by atoms with Gasteiger partial charge in [-0.1, -0.05) is 6.42 Å². The average Bonchev–Trinajstić information content (AvgIpc) is 2.42. The van der Waals surface area contributed by atoms with E-state index < -0.39 is 6.36 Å². The smallest absolute Gasteiger partial charge is 0.406 e. The predicted molar refractivity (Wildman–Crippen MR) is 80.4 cm³/mol. The minimum atomic E-state index is -4.71. The van der Waals surface area contributed by atoms with Crippen molar-refractivity contribution in [3.8, 4) is 5.75 Å². The van der Waals surface area contributed by atoms with Crippen molar-refractivity contribution in [2.45, 2.75) is 38.5 Å². The second-order valence-electron chi connectivity index (χ2n) is 5.81. The van der Waals surface area contributed by atoms with Gasteiger partial charge in [0.25, 0.3) is 5.91 Å². The van der Waals surface area contributed by atoms with Crippen molar-refractivity contribution in [3.63, 3.8) is 0 Å². The average molecular weight is 331 g/mol. The molecule has 23 heavy (non-hydrogen) atoms. The first-order valence-electron chi connectivity index (χ1n) is 7.91. The molecule has 2 rings (SSSR count). The number of alkyl halides is 3. The fraction of sp³-hybridized carbons (Fsp3) is 0.562. The van der Waals surface area contributed by atoms with Crippen molar-refractivity contribution < 1.29 is 27.6 Å². The molecule has 1 saturated heterocycles. The normalized spacial score (nSPS) is 17.2. The number of benzene rings is 1. The maximum Gasteiger partial charge on any atom is 0.573 e. The van der Waals surface area contributed by atoms with Gasteiger partial charge in [0.1, 0.15) is 5.75 Å². The van der Waals surface area contributed by atoms with Gasteiger partial charge in [-0.2, -0.15) is 0 Å². The molecule has 0 radical (unpaired) electrons. The standard InChI is InChI=1S/C16H21F3N2O2/c17-16(18,19)23-14-8-6-13(7-9-14)20-15(22)12-21-10-4-2-1-3-5-11-21/h6-9H,1-5,10-12H2,(H,20,22)/p+1. The first-order chi connectivity index (χ1) is 10.9. The highest BCUT2D eigenvalue weighted by Gasteiger charge is 2.31. The third-order valence-corrected chi connectivity index (χ3v) is 3.84. The molecule has 1 aromatic carbocycles. The Hall–Kier alpha value is -1.76. The molecule has 0 unspecified atom stereocenters. The largest absolute Gasteiger partial charge is 0.573 e. The van der Waals surface area contributed by atoms with Crippen molar-refractivity contribution in [2.24, 2.45) is 0 Å². The first-order valence-corrected chi connectivity index (χ1v) is 7.91. The van der Waals surface area contributed by atoms with Crippen LogP contribution in [0.5, 0.6) is 5.75 Å². The van der Waals surface area contributed by atoms with Crippen LogP contribution in [-0.4, -0.2) is 31.9 Å². The molecule has 0 bridgehead atoms. The quantitative estimate of drug-likeness (QED) is 0.890. The van der Waals surface area contributed by atoms with Gasteiger partial charge in [-0.25, -0.2) is 0 Å². The Morgan fingerprint density at radius 2 is 1.61 bits per heavy atom. The molecular weight excluding hydrogens is 309 g/mol. The Labute approximate surface area is 133 Å². The third kappa shape index (κ3) is 6.90. The summed E-state index contributed by atoms with van der Waals surface area (Å²) < 4.78 is 40.0. The van der Waals surface area contributed by atoms with Gasteiger partial charge in [-0.3, -0.25) is 4.79 Å². The molecular formula is C16H22F3N2O2+. The fourth-order valence-electron chi connectivity index (χ4n) is 2.75.